The smallest absolute Gasteiger partial charge is 0.121 e. The van der Waals surface area contributed by atoms with Gasteiger partial charge in [0, 0.05) is 6.42 Å². The summed E-state index contributed by atoms with van der Waals surface area (Å²) >= 11 is 5.39. The molecule has 54 valence electrons. The third-order valence-electron chi connectivity index (χ3n) is 0.926. The van der Waals surface area contributed by atoms with Crippen LogP contribution in [0.5, 0.6) is 0 Å². The Balaban J connectivity index is 3.44. The molecule has 0 saturated heterocycles. The van der Waals surface area contributed by atoms with Gasteiger partial charge in [-0.2, -0.15) is 0 Å². The predicted molar refractivity (Wildman–Crippen MR) is 33.4 cm³/mol. The number of hydrogen-bond acceptors (Lipinski definition) is 3. The van der Waals surface area contributed by atoms with E-state index in [2.05, 4.69) is 0 Å². The van der Waals surface area contributed by atoms with Crippen LogP contribution in [0.15, 0.2) is 0 Å². The largest absolute Gasteiger partial charge is 0.394 e. The Morgan fingerprint density at radius 1 is 1.67 bits per heavy atom. The molecule has 4 heteroatoms. The van der Waals surface area contributed by atoms with Gasteiger partial charge in [0.05, 0.1) is 18.1 Å². The molecular formula is C5H9ClO3. The highest BCUT2D eigenvalue weighted by Gasteiger charge is 2.13. The Morgan fingerprint density at radius 3 is 2.56 bits per heavy atom. The molecule has 0 amide bonds. The third-order valence-corrected chi connectivity index (χ3v) is 1.39. The fraction of sp³-hybridized carbons (Fsp3) is 0.800. The van der Waals surface area contributed by atoms with Gasteiger partial charge in [0.25, 0.3) is 0 Å². The molecule has 0 aliphatic rings. The molecule has 0 aromatic rings. The van der Waals surface area contributed by atoms with Crippen molar-refractivity contribution in [2.24, 2.45) is 0 Å². The molecule has 0 heterocycles. The van der Waals surface area contributed by atoms with Gasteiger partial charge < -0.3 is 15.0 Å². The van der Waals surface area contributed by atoms with Gasteiger partial charge in [0.1, 0.15) is 6.29 Å². The molecule has 0 bridgehead atoms. The van der Waals surface area contributed by atoms with Crippen LogP contribution in [0.1, 0.15) is 6.42 Å². The summed E-state index contributed by atoms with van der Waals surface area (Å²) < 4.78 is 0. The molecule has 9 heavy (non-hydrogen) atoms. The first-order valence-electron chi connectivity index (χ1n) is 2.59. The second-order valence-corrected chi connectivity index (χ2v) is 2.23. The molecule has 0 saturated carbocycles. The van der Waals surface area contributed by atoms with Gasteiger partial charge in [-0.1, -0.05) is 0 Å². The van der Waals surface area contributed by atoms with Gasteiger partial charge in [-0.25, -0.2) is 0 Å². The lowest BCUT2D eigenvalue weighted by Crippen LogP contribution is -2.24. The van der Waals surface area contributed by atoms with E-state index in [-0.39, 0.29) is 6.42 Å². The average molecular weight is 153 g/mol. The fourth-order valence-electron chi connectivity index (χ4n) is 0.363. The molecule has 0 aromatic carbocycles. The van der Waals surface area contributed by atoms with Crippen LogP contribution < -0.4 is 0 Å². The van der Waals surface area contributed by atoms with E-state index in [9.17, 15) is 4.79 Å². The van der Waals surface area contributed by atoms with Gasteiger partial charge in [0.2, 0.25) is 0 Å². The normalized spacial score (nSPS) is 16.8. The lowest BCUT2D eigenvalue weighted by Gasteiger charge is -2.09. The minimum Gasteiger partial charge on any atom is -0.394 e. The van der Waals surface area contributed by atoms with Crippen LogP contribution in [0.2, 0.25) is 0 Å². The molecule has 0 unspecified atom stereocenters. The molecule has 3 nitrogen and oxygen atoms in total. The van der Waals surface area contributed by atoms with Crippen molar-refractivity contribution in [3.63, 3.8) is 0 Å². The van der Waals surface area contributed by atoms with E-state index in [1.165, 1.54) is 0 Å². The van der Waals surface area contributed by atoms with Gasteiger partial charge in [0.15, 0.2) is 0 Å². The Morgan fingerprint density at radius 2 is 2.22 bits per heavy atom. The molecule has 2 N–H and O–H groups in total. The zero-order chi connectivity index (χ0) is 7.28. The summed E-state index contributed by atoms with van der Waals surface area (Å²) in [6, 6.07) is 0. The van der Waals surface area contributed by atoms with Crippen LogP contribution in [0.25, 0.3) is 0 Å². The minimum atomic E-state index is -0.989. The number of carbonyl (C=O) groups excluding carboxylic acids is 1. The Hall–Kier alpha value is -0.120. The quantitative estimate of drug-likeness (QED) is 0.423. The average Bonchev–Trinajstić information content (AvgIpc) is 1.87. The summed E-state index contributed by atoms with van der Waals surface area (Å²) in [6.07, 6.45) is -0.309. The van der Waals surface area contributed by atoms with E-state index < -0.39 is 18.1 Å². The number of hydrogen-bond donors (Lipinski definition) is 2. The van der Waals surface area contributed by atoms with Crippen molar-refractivity contribution in [1.29, 1.82) is 0 Å². The summed E-state index contributed by atoms with van der Waals surface area (Å²) in [5, 5.41) is 16.3. The number of aldehydes is 1. The first-order valence-corrected chi connectivity index (χ1v) is 3.02. The molecule has 0 aromatic heterocycles. The van der Waals surface area contributed by atoms with Crippen molar-refractivity contribution in [2.45, 2.75) is 17.9 Å². The lowest BCUT2D eigenvalue weighted by molar-refractivity contribution is -0.108. The molecule has 0 fully saturated rings. The Bertz CT molecular complexity index is 86.3. The first kappa shape index (κ1) is 8.88. The monoisotopic (exact) mass is 152 g/mol. The lowest BCUT2D eigenvalue weighted by atomic mass is 10.2. The van der Waals surface area contributed by atoms with Crippen molar-refractivity contribution in [3.8, 4) is 0 Å². The number of halogens is 1. The molecule has 0 rings (SSSR count). The Kier molecular flexibility index (Phi) is 4.67. The van der Waals surface area contributed by atoms with E-state index >= 15 is 0 Å². The van der Waals surface area contributed by atoms with Crippen LogP contribution in [-0.2, 0) is 4.79 Å². The second-order valence-electron chi connectivity index (χ2n) is 1.67. The maximum absolute atomic E-state index is 9.76. The maximum Gasteiger partial charge on any atom is 0.121 e. The van der Waals surface area contributed by atoms with Gasteiger partial charge in [-0.3, -0.25) is 0 Å². The third kappa shape index (κ3) is 3.46. The number of aliphatic hydroxyl groups is 2. The van der Waals surface area contributed by atoms with Crippen LogP contribution in [-0.4, -0.2) is 34.6 Å². The molecule has 0 radical (unpaired) electrons. The fourth-order valence-corrected chi connectivity index (χ4v) is 0.516. The summed E-state index contributed by atoms with van der Waals surface area (Å²) in [6.45, 7) is -0.401. The Labute approximate surface area is 58.3 Å². The van der Waals surface area contributed by atoms with Crippen molar-refractivity contribution < 1.29 is 15.0 Å². The van der Waals surface area contributed by atoms with Crippen LogP contribution in [0.3, 0.4) is 0 Å². The van der Waals surface area contributed by atoms with Gasteiger partial charge in [-0.15, -0.1) is 11.6 Å². The summed E-state index contributed by atoms with van der Waals surface area (Å²) in [7, 11) is 0. The highest BCUT2D eigenvalue weighted by molar-refractivity contribution is 6.21. The summed E-state index contributed by atoms with van der Waals surface area (Å²) in [4.78, 5) is 9.76. The van der Waals surface area contributed by atoms with Crippen LogP contribution in [0.4, 0.5) is 0 Å². The van der Waals surface area contributed by atoms with Crippen LogP contribution >= 0.6 is 11.6 Å². The zero-order valence-electron chi connectivity index (χ0n) is 4.83. The SMILES string of the molecule is O=CC[C@H](Cl)[C@H](O)CO. The van der Waals surface area contributed by atoms with Crippen molar-refractivity contribution in [1.82, 2.24) is 0 Å². The van der Waals surface area contributed by atoms with E-state index in [4.69, 9.17) is 21.8 Å². The molecular weight excluding hydrogens is 144 g/mol. The molecule has 0 aliphatic heterocycles. The maximum atomic E-state index is 9.76. The van der Waals surface area contributed by atoms with Crippen molar-refractivity contribution in [2.75, 3.05) is 6.61 Å². The van der Waals surface area contributed by atoms with Gasteiger partial charge in [-0.05, 0) is 0 Å². The number of rotatable bonds is 4. The minimum absolute atomic E-state index is 0.0727. The number of alkyl halides is 1. The van der Waals surface area contributed by atoms with Crippen molar-refractivity contribution >= 4 is 17.9 Å². The topological polar surface area (TPSA) is 57.5 Å². The van der Waals surface area contributed by atoms with E-state index in [1.807, 2.05) is 0 Å². The van der Waals surface area contributed by atoms with E-state index in [0.29, 0.717) is 6.29 Å². The number of carbonyl (C=O) groups is 1. The summed E-state index contributed by atoms with van der Waals surface area (Å²) in [5.74, 6) is 0. The highest BCUT2D eigenvalue weighted by atomic mass is 35.5. The van der Waals surface area contributed by atoms with Crippen LogP contribution in [0, 0.1) is 0 Å². The second kappa shape index (κ2) is 4.73. The van der Waals surface area contributed by atoms with E-state index in [0.717, 1.165) is 0 Å². The molecule has 0 spiro atoms. The highest BCUT2D eigenvalue weighted by Crippen LogP contribution is 2.04. The summed E-state index contributed by atoms with van der Waals surface area (Å²) in [5.41, 5.74) is 0. The first-order chi connectivity index (χ1) is 4.22. The van der Waals surface area contributed by atoms with Crippen molar-refractivity contribution in [3.05, 3.63) is 0 Å². The number of aliphatic hydroxyl groups excluding tert-OH is 2. The molecule has 0 aliphatic carbocycles. The van der Waals surface area contributed by atoms with Gasteiger partial charge >= 0.3 is 0 Å². The standard InChI is InChI=1S/C5H9ClO3/c6-4(1-2-7)5(9)3-8/h2,4-5,8-9H,1,3H2/t4-,5+/m0/s1. The predicted octanol–water partition coefficient (Wildman–Crippen LogP) is -0.464. The zero-order valence-corrected chi connectivity index (χ0v) is 5.58. The molecule has 2 atom stereocenters. The van der Waals surface area contributed by atoms with E-state index in [1.54, 1.807) is 0 Å².